The van der Waals surface area contributed by atoms with Gasteiger partial charge in [0.15, 0.2) is 11.6 Å². The van der Waals surface area contributed by atoms with Gasteiger partial charge in [-0.3, -0.25) is 29.9 Å². The molecule has 0 aliphatic carbocycles. The summed E-state index contributed by atoms with van der Waals surface area (Å²) >= 11 is 23.7. The Bertz CT molecular complexity index is 6490. The van der Waals surface area contributed by atoms with E-state index in [1.165, 1.54) is 10.8 Å². The predicted molar refractivity (Wildman–Crippen MR) is 545 cm³/mol. The lowest BCUT2D eigenvalue weighted by Gasteiger charge is -2.09. The molecule has 21 rings (SSSR count). The van der Waals surface area contributed by atoms with Crippen molar-refractivity contribution in [1.29, 1.82) is 0 Å². The van der Waals surface area contributed by atoms with E-state index in [-0.39, 0.29) is 5.28 Å². The van der Waals surface area contributed by atoms with Crippen LogP contribution in [0.2, 0.25) is 5.28 Å². The molecule has 0 N–H and O–H groups in total. The summed E-state index contributed by atoms with van der Waals surface area (Å²) in [5, 5.41) is 2.65. The van der Waals surface area contributed by atoms with Crippen molar-refractivity contribution in [1.82, 2.24) is 69.8 Å². The van der Waals surface area contributed by atoms with Crippen molar-refractivity contribution >= 4 is 102 Å². The van der Waals surface area contributed by atoms with Crippen LogP contribution in [-0.4, -0.2) is 69.8 Å². The summed E-state index contributed by atoms with van der Waals surface area (Å²) in [5.74, 6) is 1.47. The van der Waals surface area contributed by atoms with Crippen LogP contribution in [0.5, 0.6) is 0 Å². The third kappa shape index (κ3) is 24.7. The van der Waals surface area contributed by atoms with Crippen LogP contribution in [0.3, 0.4) is 0 Å². The van der Waals surface area contributed by atoms with Crippen LogP contribution in [0.15, 0.2) is 472 Å². The second kappa shape index (κ2) is 44.8. The fourth-order valence-electron chi connectivity index (χ4n) is 13.6. The molecule has 0 aliphatic rings. The smallest absolute Gasteiger partial charge is 0.223 e. The summed E-state index contributed by atoms with van der Waals surface area (Å²) in [6, 6.07) is 135. The maximum atomic E-state index is 6.15. The minimum absolute atomic E-state index is 0.259. The highest BCUT2D eigenvalue weighted by Gasteiger charge is 2.16. The molecule has 0 amide bonds. The number of rotatable bonds is 14. The Morgan fingerprint density at radius 2 is 0.462 bits per heavy atom. The second-order valence-corrected chi connectivity index (χ2v) is 33.8. The van der Waals surface area contributed by atoms with Gasteiger partial charge >= 0.3 is 0 Å². The third-order valence-electron chi connectivity index (χ3n) is 19.9. The van der Waals surface area contributed by atoms with E-state index in [9.17, 15) is 0 Å². The highest BCUT2D eigenvalue weighted by molar-refractivity contribution is 9.11. The van der Waals surface area contributed by atoms with Gasteiger partial charge in [-0.25, -0.2) is 39.9 Å². The van der Waals surface area contributed by atoms with Crippen LogP contribution in [-0.2, 0) is 0 Å². The maximum absolute atomic E-state index is 6.15. The van der Waals surface area contributed by atoms with Gasteiger partial charge in [0.2, 0.25) is 5.28 Å². The van der Waals surface area contributed by atoms with E-state index in [0.717, 1.165) is 181 Å². The lowest BCUT2D eigenvalue weighted by Crippen LogP contribution is -1.95. The molecule has 10 aromatic carbocycles. The van der Waals surface area contributed by atoms with Crippen molar-refractivity contribution in [3.8, 4) is 158 Å². The summed E-state index contributed by atoms with van der Waals surface area (Å²) in [6.45, 7) is 0. The van der Waals surface area contributed by atoms with Gasteiger partial charge in [-0.15, -0.1) is 0 Å². The number of benzene rings is 10. The van der Waals surface area contributed by atoms with Crippen LogP contribution >= 0.6 is 91.3 Å². The van der Waals surface area contributed by atoms with Gasteiger partial charge < -0.3 is 0 Å². The van der Waals surface area contributed by atoms with Crippen molar-refractivity contribution in [2.45, 2.75) is 0 Å². The molecule has 0 saturated heterocycles. The maximum Gasteiger partial charge on any atom is 0.223 e. The molecule has 626 valence electrons. The predicted octanol–water partition coefficient (Wildman–Crippen LogP) is 30.6. The molecule has 0 unspecified atom stereocenters. The molecule has 0 radical (unpaired) electrons. The first kappa shape index (κ1) is 89.0. The number of hydrogen-bond donors (Lipinski definition) is 0. The van der Waals surface area contributed by atoms with Gasteiger partial charge in [0, 0.05) is 121 Å². The van der Waals surface area contributed by atoms with Gasteiger partial charge in [0.25, 0.3) is 0 Å². The Morgan fingerprint density at radius 1 is 0.162 bits per heavy atom. The molecule has 11 heterocycles. The number of hydrogen-bond acceptors (Lipinski definition) is 14. The first-order chi connectivity index (χ1) is 63.9. The summed E-state index contributed by atoms with van der Waals surface area (Å²) < 4.78 is 5.05. The Kier molecular flexibility index (Phi) is 30.7. The number of aromatic nitrogens is 14. The summed E-state index contributed by atoms with van der Waals surface area (Å²) in [7, 11) is 0. The molecule has 130 heavy (non-hydrogen) atoms. The molecule has 0 aliphatic heterocycles. The van der Waals surface area contributed by atoms with E-state index in [4.69, 9.17) is 31.5 Å². The van der Waals surface area contributed by atoms with E-state index >= 15 is 0 Å². The molecular formula is C110H74Br5ClN14. The van der Waals surface area contributed by atoms with Crippen LogP contribution in [0.1, 0.15) is 0 Å². The van der Waals surface area contributed by atoms with Gasteiger partial charge in [-0.2, -0.15) is 0 Å². The molecule has 14 nitrogen and oxygen atoms in total. The van der Waals surface area contributed by atoms with E-state index in [1.807, 2.05) is 310 Å². The van der Waals surface area contributed by atoms with Gasteiger partial charge in [-0.1, -0.05) is 328 Å². The number of nitrogens with zero attached hydrogens (tertiary/aromatic N) is 14. The van der Waals surface area contributed by atoms with Gasteiger partial charge in [-0.05, 0) is 186 Å². The first-order valence-electron chi connectivity index (χ1n) is 41.1. The molecule has 20 heteroatoms. The Hall–Kier alpha value is -14.4. The zero-order chi connectivity index (χ0) is 89.0. The van der Waals surface area contributed by atoms with Crippen LogP contribution < -0.4 is 0 Å². The topological polar surface area (TPSA) is 180 Å². The summed E-state index contributed by atoms with van der Waals surface area (Å²) in [6.07, 6.45) is 12.5. The molecule has 0 saturated carbocycles. The highest BCUT2D eigenvalue weighted by atomic mass is 79.9. The average Bonchev–Trinajstić information content (AvgIpc) is 0.809. The van der Waals surface area contributed by atoms with Crippen LogP contribution in [0, 0.1) is 0 Å². The second-order valence-electron chi connectivity index (χ2n) is 28.9. The standard InChI is InChI=1S/2C22H15BrN2.C20H13ClN2.C16H11BrN2.2C15H10BrN3/c23-19-13-11-17(12-14-19)21-15-20(16-7-3-1-4-8-16)24-22(25-21)18-9-5-2-6-10-18;23-19-13-11-18(12-14-19)22-24-20(16-7-3-1-4-8-16)15-21(25-22)17-9-5-2-6-10-17;21-20-22-18(15-7-2-1-3-8-15)13-19(23-20)17-11-10-14-6-4-5-9-16(14)12-17;17-15-9-13(12-4-3-6-18-11-12)8-14(10-15)16-5-1-2-7-19-16;2*16-11-9-14(12-5-1-3-7-17-12)19-15(10-11)13-6-2-4-8-18-13/h2*1-15H;1-13H;1-11H;2*1-10H. The molecule has 0 fully saturated rings. The average molecular weight is 2030 g/mol. The lowest BCUT2D eigenvalue weighted by atomic mass is 10.0. The quantitative estimate of drug-likeness (QED) is 0.0938. The van der Waals surface area contributed by atoms with E-state index in [1.54, 1.807) is 37.2 Å². The summed E-state index contributed by atoms with van der Waals surface area (Å²) in [5.41, 5.74) is 24.7. The summed E-state index contributed by atoms with van der Waals surface area (Å²) in [4.78, 5) is 63.0. The van der Waals surface area contributed by atoms with Crippen molar-refractivity contribution in [2.75, 3.05) is 0 Å². The van der Waals surface area contributed by atoms with Crippen molar-refractivity contribution in [3.05, 3.63) is 477 Å². The van der Waals surface area contributed by atoms with E-state index in [0.29, 0.717) is 0 Å². The molecule has 0 atom stereocenters. The normalized spacial score (nSPS) is 10.5. The molecule has 11 aromatic heterocycles. The number of halogens is 6. The number of fused-ring (bicyclic) bond motifs is 1. The molecule has 21 aromatic rings. The lowest BCUT2D eigenvalue weighted by molar-refractivity contribution is 1.18. The first-order valence-corrected chi connectivity index (χ1v) is 45.5. The van der Waals surface area contributed by atoms with Crippen molar-refractivity contribution < 1.29 is 0 Å². The fraction of sp³-hybridized carbons (Fsp3) is 0. The highest BCUT2D eigenvalue weighted by Crippen LogP contribution is 2.36. The number of pyridine rings is 8. The van der Waals surface area contributed by atoms with E-state index in [2.05, 4.69) is 233 Å². The monoisotopic (exact) mass is 2020 g/mol. The molecular weight excluding hydrogens is 1950 g/mol. The molecule has 0 spiro atoms. The zero-order valence-corrected chi connectivity index (χ0v) is 77.9. The van der Waals surface area contributed by atoms with Crippen molar-refractivity contribution in [3.63, 3.8) is 0 Å². The zero-order valence-electron chi connectivity index (χ0n) is 69.3. The molecule has 0 bridgehead atoms. The Balaban J connectivity index is 0.000000115. The van der Waals surface area contributed by atoms with Gasteiger partial charge in [0.05, 0.1) is 85.4 Å². The third-order valence-corrected chi connectivity index (χ3v) is 22.5. The minimum Gasteiger partial charge on any atom is -0.264 e. The van der Waals surface area contributed by atoms with Crippen LogP contribution in [0.25, 0.3) is 169 Å². The van der Waals surface area contributed by atoms with Gasteiger partial charge in [0.1, 0.15) is 0 Å². The minimum atomic E-state index is 0.259. The van der Waals surface area contributed by atoms with E-state index < -0.39 is 0 Å². The Morgan fingerprint density at radius 3 is 0.838 bits per heavy atom. The van der Waals surface area contributed by atoms with Crippen LogP contribution in [0.4, 0.5) is 0 Å². The SMILES string of the molecule is Brc1cc(-c2ccccn2)nc(-c2ccccn2)c1.Brc1cc(-c2ccccn2)nc(-c2ccccn2)c1.Brc1cc(-c2cccnc2)cc(-c2ccccn2)c1.Brc1ccc(-c2cc(-c3ccccc3)nc(-c3ccccc3)n2)cc1.Brc1ccc(-c2nc(-c3ccccc3)cc(-c3ccccc3)n2)cc1.Clc1nc(-c2ccccc2)cc(-c2ccc3ccccc3c2)n1. The Labute approximate surface area is 800 Å². The largest absolute Gasteiger partial charge is 0.264 e. The fourth-order valence-corrected chi connectivity index (χ4v) is 15.7. The van der Waals surface area contributed by atoms with Crippen molar-refractivity contribution in [2.24, 2.45) is 0 Å².